The molecule has 0 unspecified atom stereocenters. The Balaban J connectivity index is 2.59. The number of hydrogen-bond acceptors (Lipinski definition) is 6. The number of esters is 1. The van der Waals surface area contributed by atoms with E-state index in [-0.39, 0.29) is 16.3 Å². The van der Waals surface area contributed by atoms with Gasteiger partial charge in [-0.15, -0.1) is 0 Å². The highest BCUT2D eigenvalue weighted by molar-refractivity contribution is 7.92. The van der Waals surface area contributed by atoms with Gasteiger partial charge >= 0.3 is 5.97 Å². The van der Waals surface area contributed by atoms with Crippen LogP contribution in [0.1, 0.15) is 5.56 Å². The number of ether oxygens (including phenoxy) is 1. The van der Waals surface area contributed by atoms with Gasteiger partial charge in [-0.05, 0) is 30.7 Å². The van der Waals surface area contributed by atoms with Crippen molar-refractivity contribution in [3.8, 4) is 0 Å². The number of carbonyl (C=O) groups excluding carboxylic acids is 1. The first-order chi connectivity index (χ1) is 12.2. The number of rotatable bonds is 6. The van der Waals surface area contributed by atoms with Crippen molar-refractivity contribution in [2.75, 3.05) is 18.0 Å². The number of hydrogen-bond donors (Lipinski definition) is 0. The van der Waals surface area contributed by atoms with Gasteiger partial charge in [0, 0.05) is 17.2 Å². The highest BCUT2D eigenvalue weighted by atomic mass is 35.5. The molecule has 0 heterocycles. The van der Waals surface area contributed by atoms with Crippen LogP contribution in [0.3, 0.4) is 0 Å². The van der Waals surface area contributed by atoms with E-state index in [0.29, 0.717) is 5.02 Å². The molecule has 8 nitrogen and oxygen atoms in total. The van der Waals surface area contributed by atoms with Crippen LogP contribution in [0, 0.1) is 17.0 Å². The molecule has 138 valence electrons. The smallest absolute Gasteiger partial charge is 0.326 e. The predicted octanol–water partition coefficient (Wildman–Crippen LogP) is 2.92. The summed E-state index contributed by atoms with van der Waals surface area (Å²) in [7, 11) is -3.15. The van der Waals surface area contributed by atoms with Crippen LogP contribution in [0.15, 0.2) is 47.4 Å². The Morgan fingerprint density at radius 1 is 1.27 bits per heavy atom. The van der Waals surface area contributed by atoms with Crippen molar-refractivity contribution in [1.82, 2.24) is 0 Å². The maximum Gasteiger partial charge on any atom is 0.326 e. The van der Waals surface area contributed by atoms with Gasteiger partial charge in [0.15, 0.2) is 0 Å². The van der Waals surface area contributed by atoms with Crippen molar-refractivity contribution in [1.29, 1.82) is 0 Å². The first-order valence-electron chi connectivity index (χ1n) is 7.27. The number of carbonyl (C=O) groups is 1. The molecule has 10 heteroatoms. The molecule has 0 spiro atoms. The predicted molar refractivity (Wildman–Crippen MR) is 95.8 cm³/mol. The van der Waals surface area contributed by atoms with Crippen LogP contribution in [0.4, 0.5) is 11.4 Å². The molecule has 0 amide bonds. The van der Waals surface area contributed by atoms with Gasteiger partial charge in [-0.3, -0.25) is 19.2 Å². The Bertz CT molecular complexity index is 961. The van der Waals surface area contributed by atoms with Gasteiger partial charge in [0.2, 0.25) is 0 Å². The van der Waals surface area contributed by atoms with E-state index in [9.17, 15) is 23.3 Å². The quantitative estimate of drug-likeness (QED) is 0.420. The van der Waals surface area contributed by atoms with Crippen molar-refractivity contribution in [2.24, 2.45) is 0 Å². The van der Waals surface area contributed by atoms with Gasteiger partial charge in [0.25, 0.3) is 15.7 Å². The lowest BCUT2D eigenvalue weighted by Gasteiger charge is -2.23. The van der Waals surface area contributed by atoms with Crippen molar-refractivity contribution in [3.63, 3.8) is 0 Å². The summed E-state index contributed by atoms with van der Waals surface area (Å²) in [5.41, 5.74) is 0.477. The summed E-state index contributed by atoms with van der Waals surface area (Å²) in [5, 5.41) is 11.2. The first-order valence-corrected chi connectivity index (χ1v) is 9.09. The zero-order valence-corrected chi connectivity index (χ0v) is 15.5. The van der Waals surface area contributed by atoms with Crippen LogP contribution in [0.25, 0.3) is 0 Å². The van der Waals surface area contributed by atoms with E-state index >= 15 is 0 Å². The second-order valence-electron chi connectivity index (χ2n) is 5.28. The van der Waals surface area contributed by atoms with Gasteiger partial charge in [-0.1, -0.05) is 23.7 Å². The number of halogens is 1. The largest absolute Gasteiger partial charge is 0.468 e. The van der Waals surface area contributed by atoms with Crippen LogP contribution < -0.4 is 4.31 Å². The molecule has 0 saturated heterocycles. The van der Waals surface area contributed by atoms with E-state index in [1.54, 1.807) is 13.0 Å². The van der Waals surface area contributed by atoms with E-state index in [1.807, 2.05) is 0 Å². The van der Waals surface area contributed by atoms with Gasteiger partial charge in [0.1, 0.15) is 6.54 Å². The summed E-state index contributed by atoms with van der Waals surface area (Å²) in [6.45, 7) is 1.13. The second kappa shape index (κ2) is 7.71. The highest BCUT2D eigenvalue weighted by Gasteiger charge is 2.29. The number of non-ortho nitro benzene ring substituents is 1. The average Bonchev–Trinajstić information content (AvgIpc) is 2.61. The lowest BCUT2D eigenvalue weighted by molar-refractivity contribution is -0.385. The number of nitro benzene ring substituents is 1. The lowest BCUT2D eigenvalue weighted by Crippen LogP contribution is -2.36. The molecule has 0 aliphatic rings. The van der Waals surface area contributed by atoms with Crippen LogP contribution in [0.2, 0.25) is 5.02 Å². The summed E-state index contributed by atoms with van der Waals surface area (Å²) in [6.07, 6.45) is 0. The third kappa shape index (κ3) is 4.12. The Hall–Kier alpha value is -2.65. The summed E-state index contributed by atoms with van der Waals surface area (Å²) >= 11 is 6.06. The standard InChI is InChI=1S/C16H15ClN2O6S/c1-11-6-7-12(9-15(11)17)18(10-16(20)25-2)26(23,24)14-5-3-4-13(8-14)19(21)22/h3-9H,10H2,1-2H3. The summed E-state index contributed by atoms with van der Waals surface area (Å²) in [6, 6.07) is 9.05. The summed E-state index contributed by atoms with van der Waals surface area (Å²) < 4.78 is 31.4. The molecule has 0 aliphatic carbocycles. The van der Waals surface area contributed by atoms with Crippen LogP contribution in [-0.4, -0.2) is 33.0 Å². The third-order valence-electron chi connectivity index (χ3n) is 3.56. The summed E-state index contributed by atoms with van der Waals surface area (Å²) in [4.78, 5) is 21.6. The molecular formula is C16H15ClN2O6S. The molecule has 0 N–H and O–H groups in total. The van der Waals surface area contributed by atoms with Gasteiger partial charge in [0.05, 0.1) is 22.6 Å². The molecule has 2 aromatic carbocycles. The Labute approximate surface area is 155 Å². The lowest BCUT2D eigenvalue weighted by atomic mass is 10.2. The van der Waals surface area contributed by atoms with Crippen molar-refractivity contribution in [3.05, 3.63) is 63.2 Å². The fourth-order valence-electron chi connectivity index (χ4n) is 2.12. The average molecular weight is 399 g/mol. The molecule has 0 bridgehead atoms. The zero-order chi connectivity index (χ0) is 19.5. The molecule has 0 atom stereocenters. The van der Waals surface area contributed by atoms with Crippen LogP contribution in [-0.2, 0) is 19.6 Å². The number of nitrogens with zero attached hydrogens (tertiary/aromatic N) is 2. The minimum atomic E-state index is -4.28. The number of nitro groups is 1. The molecule has 0 aliphatic heterocycles. The molecular weight excluding hydrogens is 384 g/mol. The van der Waals surface area contributed by atoms with E-state index in [1.165, 1.54) is 30.3 Å². The van der Waals surface area contributed by atoms with E-state index in [4.69, 9.17) is 11.6 Å². The number of benzene rings is 2. The van der Waals surface area contributed by atoms with Crippen LogP contribution >= 0.6 is 11.6 Å². The fraction of sp³-hybridized carbons (Fsp3) is 0.188. The van der Waals surface area contributed by atoms with Gasteiger partial charge in [-0.25, -0.2) is 8.42 Å². The van der Waals surface area contributed by atoms with E-state index < -0.39 is 27.5 Å². The number of sulfonamides is 1. The molecule has 0 aromatic heterocycles. The number of aryl methyl sites for hydroxylation is 1. The third-order valence-corrected chi connectivity index (χ3v) is 5.74. The fourth-order valence-corrected chi connectivity index (χ4v) is 3.73. The molecule has 2 rings (SSSR count). The minimum Gasteiger partial charge on any atom is -0.468 e. The Morgan fingerprint density at radius 3 is 2.54 bits per heavy atom. The number of methoxy groups -OCH3 is 1. The van der Waals surface area contributed by atoms with Gasteiger partial charge in [-0.2, -0.15) is 0 Å². The van der Waals surface area contributed by atoms with E-state index in [2.05, 4.69) is 4.74 Å². The SMILES string of the molecule is COC(=O)CN(c1ccc(C)c(Cl)c1)S(=O)(=O)c1cccc([N+](=O)[O-])c1. The Kier molecular flexibility index (Phi) is 5.83. The first kappa shape index (κ1) is 19.7. The minimum absolute atomic E-state index is 0.137. The highest BCUT2D eigenvalue weighted by Crippen LogP contribution is 2.29. The van der Waals surface area contributed by atoms with Gasteiger partial charge < -0.3 is 4.74 Å². The Morgan fingerprint density at radius 2 is 1.96 bits per heavy atom. The topological polar surface area (TPSA) is 107 Å². The van der Waals surface area contributed by atoms with E-state index in [0.717, 1.165) is 23.0 Å². The van der Waals surface area contributed by atoms with Crippen molar-refractivity contribution in [2.45, 2.75) is 11.8 Å². The molecule has 2 aromatic rings. The molecule has 0 fully saturated rings. The monoisotopic (exact) mass is 398 g/mol. The van der Waals surface area contributed by atoms with Crippen LogP contribution in [0.5, 0.6) is 0 Å². The summed E-state index contributed by atoms with van der Waals surface area (Å²) in [5.74, 6) is -0.796. The number of anilines is 1. The molecule has 0 saturated carbocycles. The maximum atomic E-state index is 13.0. The van der Waals surface area contributed by atoms with Crippen molar-refractivity contribution >= 4 is 39.0 Å². The van der Waals surface area contributed by atoms with Crippen molar-refractivity contribution < 1.29 is 22.9 Å². The molecule has 0 radical (unpaired) electrons. The molecule has 26 heavy (non-hydrogen) atoms. The second-order valence-corrected chi connectivity index (χ2v) is 7.55. The maximum absolute atomic E-state index is 13.0. The normalized spacial score (nSPS) is 11.0. The zero-order valence-electron chi connectivity index (χ0n) is 13.9.